The van der Waals surface area contributed by atoms with Crippen molar-refractivity contribution in [3.05, 3.63) is 12.4 Å². The summed E-state index contributed by atoms with van der Waals surface area (Å²) in [5, 5.41) is 11.5. The predicted octanol–water partition coefficient (Wildman–Crippen LogP) is 0.906. The molecule has 0 unspecified atom stereocenters. The van der Waals surface area contributed by atoms with Crippen molar-refractivity contribution in [2.45, 2.75) is 18.6 Å². The monoisotopic (exact) mass is 168 g/mol. The summed E-state index contributed by atoms with van der Waals surface area (Å²) in [6, 6.07) is 0. The van der Waals surface area contributed by atoms with E-state index < -0.39 is 0 Å². The van der Waals surface area contributed by atoms with Crippen LogP contribution in [0.3, 0.4) is 0 Å². The molecule has 0 fully saturated rings. The van der Waals surface area contributed by atoms with Gasteiger partial charge in [0.1, 0.15) is 17.8 Å². The van der Waals surface area contributed by atoms with Crippen LogP contribution in [0.4, 0.5) is 0 Å². The largest absolute Gasteiger partial charge is 0.332 e. The van der Waals surface area contributed by atoms with E-state index in [9.17, 15) is 0 Å². The molecule has 0 atom stereocenters. The first kappa shape index (κ1) is 8.15. The van der Waals surface area contributed by atoms with Gasteiger partial charge >= 0.3 is 5.16 Å². The van der Waals surface area contributed by atoms with Gasteiger partial charge in [0.05, 0.1) is 25.4 Å². The lowest BCUT2D eigenvalue weighted by atomic mass is 10.7. The molecule has 0 spiro atoms. The van der Waals surface area contributed by atoms with Crippen LogP contribution < -0.4 is 4.57 Å². The van der Waals surface area contributed by atoms with Crippen molar-refractivity contribution in [2.24, 2.45) is 7.05 Å². The number of imidazole rings is 1. The van der Waals surface area contributed by atoms with E-state index in [1.165, 1.54) is 11.8 Å². The topological polar surface area (TPSA) is 32.6 Å². The minimum Gasteiger partial charge on any atom is -0.226 e. The van der Waals surface area contributed by atoms with Crippen molar-refractivity contribution < 1.29 is 4.57 Å². The molecule has 0 saturated heterocycles. The molecule has 58 valence electrons. The van der Waals surface area contributed by atoms with Crippen LogP contribution in [-0.2, 0) is 13.6 Å². The zero-order chi connectivity index (χ0) is 8.27. The number of nitrogens with zero attached hydrogens (tertiary/aromatic N) is 3. The van der Waals surface area contributed by atoms with Crippen molar-refractivity contribution in [3.8, 4) is 5.40 Å². The molecule has 1 heterocycles. The van der Waals surface area contributed by atoms with Crippen LogP contribution >= 0.6 is 11.8 Å². The van der Waals surface area contributed by atoms with E-state index in [4.69, 9.17) is 5.26 Å². The average molecular weight is 168 g/mol. The Morgan fingerprint density at radius 1 is 1.82 bits per heavy atom. The van der Waals surface area contributed by atoms with Gasteiger partial charge in [0.2, 0.25) is 0 Å². The first-order chi connectivity index (χ1) is 5.29. The van der Waals surface area contributed by atoms with Crippen LogP contribution in [0, 0.1) is 10.7 Å². The van der Waals surface area contributed by atoms with Crippen LogP contribution in [0.5, 0.6) is 0 Å². The van der Waals surface area contributed by atoms with E-state index >= 15 is 0 Å². The van der Waals surface area contributed by atoms with Crippen LogP contribution in [0.15, 0.2) is 17.6 Å². The maximum Gasteiger partial charge on any atom is 0.332 e. The number of rotatable bonds is 2. The third-order valence-corrected chi connectivity index (χ3v) is 2.29. The predicted molar refractivity (Wildman–Crippen MR) is 42.8 cm³/mol. The summed E-state index contributed by atoms with van der Waals surface area (Å²) in [6.07, 6.45) is 3.92. The quantitative estimate of drug-likeness (QED) is 0.373. The maximum absolute atomic E-state index is 8.47. The van der Waals surface area contributed by atoms with E-state index in [2.05, 4.69) is 12.3 Å². The van der Waals surface area contributed by atoms with E-state index in [1.807, 2.05) is 28.6 Å². The van der Waals surface area contributed by atoms with Crippen molar-refractivity contribution in [1.29, 1.82) is 5.26 Å². The number of thiocyanates is 1. The van der Waals surface area contributed by atoms with Crippen LogP contribution in [0.25, 0.3) is 0 Å². The summed E-state index contributed by atoms with van der Waals surface area (Å²) in [5.74, 6) is 0. The molecule has 0 saturated carbocycles. The van der Waals surface area contributed by atoms with Crippen molar-refractivity contribution in [2.75, 3.05) is 0 Å². The van der Waals surface area contributed by atoms with Gasteiger partial charge in [-0.3, -0.25) is 0 Å². The van der Waals surface area contributed by atoms with E-state index in [-0.39, 0.29) is 0 Å². The first-order valence-electron chi connectivity index (χ1n) is 3.40. The Bertz CT molecular complexity index is 284. The molecule has 0 bridgehead atoms. The van der Waals surface area contributed by atoms with Crippen LogP contribution in [-0.4, -0.2) is 4.57 Å². The number of hydrogen-bond acceptors (Lipinski definition) is 2. The van der Waals surface area contributed by atoms with Gasteiger partial charge in [-0.25, -0.2) is 9.13 Å². The van der Waals surface area contributed by atoms with E-state index in [1.54, 1.807) is 0 Å². The van der Waals surface area contributed by atoms with Gasteiger partial charge in [0.25, 0.3) is 0 Å². The highest BCUT2D eigenvalue weighted by molar-refractivity contribution is 8.03. The van der Waals surface area contributed by atoms with Gasteiger partial charge < -0.3 is 0 Å². The highest BCUT2D eigenvalue weighted by atomic mass is 32.2. The number of aryl methyl sites for hydroxylation is 2. The zero-order valence-corrected chi connectivity index (χ0v) is 7.43. The highest BCUT2D eigenvalue weighted by Gasteiger charge is 2.12. The smallest absolute Gasteiger partial charge is 0.226 e. The van der Waals surface area contributed by atoms with Gasteiger partial charge in [0.15, 0.2) is 0 Å². The van der Waals surface area contributed by atoms with Crippen molar-refractivity contribution >= 4 is 11.8 Å². The summed E-state index contributed by atoms with van der Waals surface area (Å²) >= 11 is 1.19. The summed E-state index contributed by atoms with van der Waals surface area (Å²) in [6.45, 7) is 2.96. The Balaban J connectivity index is 2.99. The summed E-state index contributed by atoms with van der Waals surface area (Å²) in [4.78, 5) is 0. The number of hydrogen-bond donors (Lipinski definition) is 0. The summed E-state index contributed by atoms with van der Waals surface area (Å²) < 4.78 is 3.98. The molecular weight excluding hydrogens is 158 g/mol. The van der Waals surface area contributed by atoms with Gasteiger partial charge in [0, 0.05) is 0 Å². The molecule has 0 aliphatic rings. The fourth-order valence-corrected chi connectivity index (χ4v) is 1.52. The minimum absolute atomic E-state index is 0.908. The van der Waals surface area contributed by atoms with E-state index in [0.29, 0.717) is 0 Å². The van der Waals surface area contributed by atoms with E-state index in [0.717, 1.165) is 11.7 Å². The Hall–Kier alpha value is -0.950. The molecule has 0 N–H and O–H groups in total. The maximum atomic E-state index is 8.47. The van der Waals surface area contributed by atoms with Gasteiger partial charge in [-0.15, -0.1) is 0 Å². The SMILES string of the molecule is CCn1cc[n+](C)c1SC#N. The second-order valence-electron chi connectivity index (χ2n) is 2.17. The molecule has 3 nitrogen and oxygen atoms in total. The van der Waals surface area contributed by atoms with Crippen molar-refractivity contribution in [3.63, 3.8) is 0 Å². The number of nitriles is 1. The third-order valence-electron chi connectivity index (χ3n) is 1.50. The summed E-state index contributed by atoms with van der Waals surface area (Å²) in [7, 11) is 1.94. The van der Waals surface area contributed by atoms with Gasteiger partial charge in [-0.1, -0.05) is 0 Å². The van der Waals surface area contributed by atoms with Gasteiger partial charge in [-0.2, -0.15) is 5.26 Å². The second kappa shape index (κ2) is 3.44. The molecule has 1 rings (SSSR count). The number of aromatic nitrogens is 2. The normalized spacial score (nSPS) is 9.55. The Kier molecular flexibility index (Phi) is 2.55. The third kappa shape index (κ3) is 1.55. The second-order valence-corrected chi connectivity index (χ2v) is 2.92. The molecule has 1 aromatic rings. The first-order valence-corrected chi connectivity index (χ1v) is 4.22. The van der Waals surface area contributed by atoms with Gasteiger partial charge in [-0.05, 0) is 6.92 Å². The molecule has 1 aromatic heterocycles. The lowest BCUT2D eigenvalue weighted by Crippen LogP contribution is -2.28. The molecule has 0 radical (unpaired) electrons. The molecular formula is C7H10N3S+. The average Bonchev–Trinajstić information content (AvgIpc) is 2.34. The highest BCUT2D eigenvalue weighted by Crippen LogP contribution is 2.10. The fraction of sp³-hybridized carbons (Fsp3) is 0.429. The van der Waals surface area contributed by atoms with Crippen LogP contribution in [0.2, 0.25) is 0 Å². The lowest BCUT2D eigenvalue weighted by molar-refractivity contribution is -0.709. The minimum atomic E-state index is 0.908. The lowest BCUT2D eigenvalue weighted by Gasteiger charge is -1.91. The van der Waals surface area contributed by atoms with Crippen LogP contribution in [0.1, 0.15) is 6.92 Å². The Morgan fingerprint density at radius 2 is 2.55 bits per heavy atom. The molecule has 0 amide bonds. The molecule has 11 heavy (non-hydrogen) atoms. The molecule has 0 aromatic carbocycles. The summed E-state index contributed by atoms with van der Waals surface area (Å²) in [5.41, 5.74) is 0. The molecule has 0 aliphatic carbocycles. The standard InChI is InChI=1S/C7H10N3S/c1-3-10-5-4-9(2)7(10)11-6-8/h4-5H,3H2,1-2H3/q+1. The Labute approximate surface area is 70.3 Å². The fourth-order valence-electron chi connectivity index (χ4n) is 0.923. The Morgan fingerprint density at radius 3 is 3.09 bits per heavy atom. The zero-order valence-electron chi connectivity index (χ0n) is 6.61. The molecule has 0 aliphatic heterocycles. The molecule has 4 heteroatoms. The van der Waals surface area contributed by atoms with Crippen molar-refractivity contribution in [1.82, 2.24) is 4.57 Å². The number of thioether (sulfide) groups is 1.